The second kappa shape index (κ2) is 20.1. The van der Waals surface area contributed by atoms with E-state index >= 15 is 0 Å². The van der Waals surface area contributed by atoms with Gasteiger partial charge in [-0.15, -0.1) is 0 Å². The van der Waals surface area contributed by atoms with Crippen molar-refractivity contribution in [2.45, 2.75) is 128 Å². The fourth-order valence-corrected chi connectivity index (χ4v) is 3.45. The highest BCUT2D eigenvalue weighted by Gasteiger charge is 2.32. The first kappa shape index (κ1) is 29.2. The van der Waals surface area contributed by atoms with Gasteiger partial charge >= 0.3 is 0 Å². The van der Waals surface area contributed by atoms with Crippen molar-refractivity contribution in [1.29, 1.82) is 0 Å². The Morgan fingerprint density at radius 2 is 1.23 bits per heavy atom. The fourth-order valence-electron chi connectivity index (χ4n) is 3.45. The number of allylic oxidation sites excluding steroid dienone is 2. The smallest absolute Gasteiger partial charge is 0.152 e. The zero-order valence-electron chi connectivity index (χ0n) is 19.1. The van der Waals surface area contributed by atoms with Gasteiger partial charge in [-0.25, -0.2) is 0 Å². The molecule has 0 aromatic heterocycles. The molecule has 178 valence electrons. The minimum atomic E-state index is -1.63. The molecule has 0 radical (unpaired) electrons. The maximum absolute atomic E-state index is 12.0. The van der Waals surface area contributed by atoms with E-state index in [1.165, 1.54) is 57.8 Å². The van der Waals surface area contributed by atoms with Crippen LogP contribution in [0.4, 0.5) is 0 Å². The standard InChI is InChI=1S/C24H47NO5/c1-2-3-4-5-6-7-8-9-10-11-12-13-14-15-16-17-18-20(27)22(25)24(30)23(29)21(28)19-26/h9-10,21-24,26,28-30H,2-8,11-19,25H2,1H3/b10-9-/t21-,22+,23-,24-/m1/s1. The normalized spacial score (nSPS) is 15.9. The molecule has 0 aliphatic carbocycles. The van der Waals surface area contributed by atoms with Gasteiger partial charge in [0.25, 0.3) is 0 Å². The van der Waals surface area contributed by atoms with Crippen molar-refractivity contribution in [3.63, 3.8) is 0 Å². The molecule has 30 heavy (non-hydrogen) atoms. The Hall–Kier alpha value is -0.790. The molecule has 6 N–H and O–H groups in total. The number of aliphatic hydroxyl groups is 4. The number of nitrogens with two attached hydrogens (primary N) is 1. The Labute approximate surface area is 183 Å². The third-order valence-corrected chi connectivity index (χ3v) is 5.61. The second-order valence-corrected chi connectivity index (χ2v) is 8.41. The Morgan fingerprint density at radius 3 is 1.73 bits per heavy atom. The Morgan fingerprint density at radius 1 is 0.767 bits per heavy atom. The summed E-state index contributed by atoms with van der Waals surface area (Å²) in [6.45, 7) is 1.55. The number of unbranched alkanes of at least 4 members (excludes halogenated alkanes) is 12. The summed E-state index contributed by atoms with van der Waals surface area (Å²) in [6, 6.07) is -1.25. The van der Waals surface area contributed by atoms with Crippen LogP contribution in [0.1, 0.15) is 103 Å². The summed E-state index contributed by atoms with van der Waals surface area (Å²) in [6.07, 6.45) is 16.8. The average Bonchev–Trinajstić information content (AvgIpc) is 2.76. The van der Waals surface area contributed by atoms with Crippen LogP contribution in [0.2, 0.25) is 0 Å². The summed E-state index contributed by atoms with van der Waals surface area (Å²) in [5, 5.41) is 37.5. The Bertz CT molecular complexity index is 430. The number of Topliss-reactive ketones (excluding diaryl/α,β-unsaturated/α-hetero) is 1. The number of carbonyl (C=O) groups is 1. The van der Waals surface area contributed by atoms with E-state index in [1.54, 1.807) is 0 Å². The van der Waals surface area contributed by atoms with Crippen LogP contribution in [-0.2, 0) is 4.79 Å². The SMILES string of the molecule is CCCCCCCC/C=C\CCCCCCCCC(=O)[C@H](N)[C@@H](O)[C@H](O)[C@H](O)CO. The van der Waals surface area contributed by atoms with Crippen LogP contribution in [0.15, 0.2) is 12.2 Å². The summed E-state index contributed by atoms with van der Waals surface area (Å²) in [5.74, 6) is -0.331. The molecule has 4 atom stereocenters. The molecule has 0 heterocycles. The lowest BCUT2D eigenvalue weighted by Gasteiger charge is -2.25. The zero-order chi connectivity index (χ0) is 22.6. The van der Waals surface area contributed by atoms with Crippen LogP contribution in [-0.4, -0.2) is 57.2 Å². The number of rotatable bonds is 21. The van der Waals surface area contributed by atoms with Gasteiger partial charge < -0.3 is 26.2 Å². The highest BCUT2D eigenvalue weighted by molar-refractivity contribution is 5.84. The third-order valence-electron chi connectivity index (χ3n) is 5.61. The van der Waals surface area contributed by atoms with Gasteiger partial charge in [0, 0.05) is 6.42 Å². The van der Waals surface area contributed by atoms with Gasteiger partial charge in [-0.2, -0.15) is 0 Å². The van der Waals surface area contributed by atoms with Crippen LogP contribution in [0.5, 0.6) is 0 Å². The van der Waals surface area contributed by atoms with Crippen LogP contribution in [0.25, 0.3) is 0 Å². The van der Waals surface area contributed by atoms with Crippen LogP contribution >= 0.6 is 0 Å². The van der Waals surface area contributed by atoms with E-state index in [1.807, 2.05) is 0 Å². The maximum atomic E-state index is 12.0. The molecule has 0 aromatic carbocycles. The first-order chi connectivity index (χ1) is 14.5. The Kier molecular flexibility index (Phi) is 19.6. The van der Waals surface area contributed by atoms with Gasteiger partial charge in [-0.1, -0.05) is 76.9 Å². The summed E-state index contributed by atoms with van der Waals surface area (Å²) in [4.78, 5) is 12.0. The van der Waals surface area contributed by atoms with Gasteiger partial charge in [-0.05, 0) is 32.1 Å². The van der Waals surface area contributed by atoms with Crippen molar-refractivity contribution in [2.24, 2.45) is 5.73 Å². The van der Waals surface area contributed by atoms with Crippen molar-refractivity contribution in [1.82, 2.24) is 0 Å². The molecule has 0 spiro atoms. The summed E-state index contributed by atoms with van der Waals surface area (Å²) >= 11 is 0. The summed E-state index contributed by atoms with van der Waals surface area (Å²) < 4.78 is 0. The first-order valence-corrected chi connectivity index (χ1v) is 12.0. The lowest BCUT2D eigenvalue weighted by molar-refractivity contribution is -0.129. The largest absolute Gasteiger partial charge is 0.394 e. The third kappa shape index (κ3) is 15.1. The molecule has 0 aliphatic heterocycles. The van der Waals surface area contributed by atoms with E-state index in [0.717, 1.165) is 25.7 Å². The van der Waals surface area contributed by atoms with E-state index in [9.17, 15) is 20.1 Å². The van der Waals surface area contributed by atoms with E-state index in [4.69, 9.17) is 10.8 Å². The molecule has 0 unspecified atom stereocenters. The van der Waals surface area contributed by atoms with Crippen molar-refractivity contribution in [2.75, 3.05) is 6.61 Å². The molecule has 0 amide bonds. The molecular formula is C24H47NO5. The van der Waals surface area contributed by atoms with Crippen molar-refractivity contribution in [3.8, 4) is 0 Å². The molecule has 0 aliphatic rings. The van der Waals surface area contributed by atoms with E-state index < -0.39 is 31.0 Å². The van der Waals surface area contributed by atoms with Crippen LogP contribution in [0.3, 0.4) is 0 Å². The number of ketones is 1. The molecule has 0 rings (SSSR count). The van der Waals surface area contributed by atoms with E-state index in [2.05, 4.69) is 19.1 Å². The molecular weight excluding hydrogens is 382 g/mol. The van der Waals surface area contributed by atoms with Crippen LogP contribution < -0.4 is 5.73 Å². The monoisotopic (exact) mass is 429 g/mol. The average molecular weight is 430 g/mol. The van der Waals surface area contributed by atoms with E-state index in [0.29, 0.717) is 6.42 Å². The van der Waals surface area contributed by atoms with Crippen LogP contribution in [0, 0.1) is 0 Å². The minimum Gasteiger partial charge on any atom is -0.394 e. The first-order valence-electron chi connectivity index (χ1n) is 12.0. The molecule has 0 bridgehead atoms. The summed E-state index contributed by atoms with van der Waals surface area (Å²) in [5.41, 5.74) is 5.66. The lowest BCUT2D eigenvalue weighted by atomic mass is 9.95. The number of hydrogen-bond acceptors (Lipinski definition) is 6. The quantitative estimate of drug-likeness (QED) is 0.141. The number of carbonyl (C=O) groups excluding carboxylic acids is 1. The molecule has 0 saturated heterocycles. The van der Waals surface area contributed by atoms with Gasteiger partial charge in [-0.3, -0.25) is 4.79 Å². The molecule has 0 aromatic rings. The number of aliphatic hydroxyl groups excluding tert-OH is 4. The van der Waals surface area contributed by atoms with Gasteiger partial charge in [0.1, 0.15) is 18.3 Å². The summed E-state index contributed by atoms with van der Waals surface area (Å²) in [7, 11) is 0. The van der Waals surface area contributed by atoms with Crippen molar-refractivity contribution in [3.05, 3.63) is 12.2 Å². The zero-order valence-corrected chi connectivity index (χ0v) is 19.1. The molecule has 0 saturated carbocycles. The molecule has 0 fully saturated rings. The predicted octanol–water partition coefficient (Wildman–Crippen LogP) is 3.39. The van der Waals surface area contributed by atoms with E-state index in [-0.39, 0.29) is 12.2 Å². The lowest BCUT2D eigenvalue weighted by Crippen LogP contribution is -2.52. The van der Waals surface area contributed by atoms with Crippen molar-refractivity contribution >= 4 is 5.78 Å². The Balaban J connectivity index is 3.56. The highest BCUT2D eigenvalue weighted by atomic mass is 16.4. The second-order valence-electron chi connectivity index (χ2n) is 8.41. The minimum absolute atomic E-state index is 0.251. The molecule has 6 nitrogen and oxygen atoms in total. The predicted molar refractivity (Wildman–Crippen MR) is 122 cm³/mol. The fraction of sp³-hybridized carbons (Fsp3) is 0.875. The van der Waals surface area contributed by atoms with Crippen molar-refractivity contribution < 1.29 is 25.2 Å². The van der Waals surface area contributed by atoms with Gasteiger partial charge in [0.05, 0.1) is 12.6 Å². The maximum Gasteiger partial charge on any atom is 0.152 e. The topological polar surface area (TPSA) is 124 Å². The highest BCUT2D eigenvalue weighted by Crippen LogP contribution is 2.12. The number of hydrogen-bond donors (Lipinski definition) is 5. The van der Waals surface area contributed by atoms with Gasteiger partial charge in [0.2, 0.25) is 0 Å². The molecule has 6 heteroatoms. The van der Waals surface area contributed by atoms with Gasteiger partial charge in [0.15, 0.2) is 5.78 Å².